The van der Waals surface area contributed by atoms with Gasteiger partial charge in [-0.1, -0.05) is 18.2 Å². The number of aliphatic hydroxyl groups is 1. The number of nitrogens with one attached hydrogen (secondary N) is 1. The number of carbonyl (C=O) groups is 1. The van der Waals surface area contributed by atoms with Crippen molar-refractivity contribution in [3.63, 3.8) is 0 Å². The fourth-order valence-electron chi connectivity index (χ4n) is 2.01. The molecule has 0 fully saturated rings. The third-order valence-electron chi connectivity index (χ3n) is 3.12. The van der Waals surface area contributed by atoms with Gasteiger partial charge in [0.15, 0.2) is 0 Å². The number of thiophene rings is 1. The molecular formula is C16H19NO3S. The van der Waals surface area contributed by atoms with E-state index in [1.165, 1.54) is 11.3 Å². The molecule has 0 bridgehead atoms. The molecule has 0 aliphatic rings. The summed E-state index contributed by atoms with van der Waals surface area (Å²) in [6.07, 6.45) is 0.460. The number of methoxy groups -OCH3 is 1. The summed E-state index contributed by atoms with van der Waals surface area (Å²) in [4.78, 5) is 12.5. The Morgan fingerprint density at radius 2 is 2.05 bits per heavy atom. The SMILES string of the molecule is COc1ccc(CC(C)(O)CNC(=O)c2cccs2)cc1. The van der Waals surface area contributed by atoms with E-state index in [1.54, 1.807) is 20.1 Å². The third-order valence-corrected chi connectivity index (χ3v) is 3.99. The Bertz CT molecular complexity index is 576. The minimum absolute atomic E-state index is 0.153. The summed E-state index contributed by atoms with van der Waals surface area (Å²) in [5.74, 6) is 0.629. The van der Waals surface area contributed by atoms with E-state index in [-0.39, 0.29) is 12.5 Å². The normalized spacial score (nSPS) is 13.5. The first-order valence-electron chi connectivity index (χ1n) is 6.67. The molecular weight excluding hydrogens is 286 g/mol. The minimum atomic E-state index is -0.999. The highest BCUT2D eigenvalue weighted by atomic mass is 32.1. The van der Waals surface area contributed by atoms with Gasteiger partial charge >= 0.3 is 0 Å². The first-order chi connectivity index (χ1) is 10.00. The van der Waals surface area contributed by atoms with Crippen LogP contribution >= 0.6 is 11.3 Å². The van der Waals surface area contributed by atoms with Crippen molar-refractivity contribution in [3.8, 4) is 5.75 Å². The molecule has 112 valence electrons. The molecule has 1 atom stereocenters. The lowest BCUT2D eigenvalue weighted by Crippen LogP contribution is -2.42. The summed E-state index contributed by atoms with van der Waals surface area (Å²) in [5.41, 5.74) is -0.00668. The van der Waals surface area contributed by atoms with E-state index >= 15 is 0 Å². The Labute approximate surface area is 128 Å². The molecule has 21 heavy (non-hydrogen) atoms. The molecule has 1 aromatic carbocycles. The van der Waals surface area contributed by atoms with Crippen LogP contribution in [0.1, 0.15) is 22.2 Å². The fraction of sp³-hybridized carbons (Fsp3) is 0.312. The van der Waals surface area contributed by atoms with Gasteiger partial charge in [-0.15, -0.1) is 11.3 Å². The molecule has 4 nitrogen and oxygen atoms in total. The second kappa shape index (κ2) is 6.74. The van der Waals surface area contributed by atoms with Crippen LogP contribution in [-0.2, 0) is 6.42 Å². The smallest absolute Gasteiger partial charge is 0.261 e. The molecule has 1 heterocycles. The molecule has 0 saturated carbocycles. The van der Waals surface area contributed by atoms with Gasteiger partial charge in [0.25, 0.3) is 5.91 Å². The minimum Gasteiger partial charge on any atom is -0.497 e. The van der Waals surface area contributed by atoms with Gasteiger partial charge in [-0.3, -0.25) is 4.79 Å². The molecule has 1 unspecified atom stereocenters. The summed E-state index contributed by atoms with van der Waals surface area (Å²) in [7, 11) is 1.62. The van der Waals surface area contributed by atoms with Crippen molar-refractivity contribution in [1.29, 1.82) is 0 Å². The van der Waals surface area contributed by atoms with Gasteiger partial charge < -0.3 is 15.2 Å². The van der Waals surface area contributed by atoms with Crippen LogP contribution in [-0.4, -0.2) is 30.3 Å². The number of rotatable bonds is 6. The lowest BCUT2D eigenvalue weighted by atomic mass is 9.96. The Morgan fingerprint density at radius 1 is 1.33 bits per heavy atom. The highest BCUT2D eigenvalue weighted by Gasteiger charge is 2.22. The largest absolute Gasteiger partial charge is 0.497 e. The molecule has 0 aliphatic carbocycles. The quantitative estimate of drug-likeness (QED) is 0.862. The van der Waals surface area contributed by atoms with Crippen molar-refractivity contribution in [2.75, 3.05) is 13.7 Å². The van der Waals surface area contributed by atoms with Gasteiger partial charge in [0.2, 0.25) is 0 Å². The average molecular weight is 305 g/mol. The van der Waals surface area contributed by atoms with Gasteiger partial charge in [-0.05, 0) is 36.1 Å². The van der Waals surface area contributed by atoms with Crippen LogP contribution in [0.25, 0.3) is 0 Å². The first kappa shape index (κ1) is 15.5. The van der Waals surface area contributed by atoms with E-state index in [0.717, 1.165) is 11.3 Å². The van der Waals surface area contributed by atoms with Crippen molar-refractivity contribution in [2.24, 2.45) is 0 Å². The molecule has 2 N–H and O–H groups in total. The monoisotopic (exact) mass is 305 g/mol. The number of carbonyl (C=O) groups excluding carboxylic acids is 1. The predicted molar refractivity (Wildman–Crippen MR) is 84.0 cm³/mol. The van der Waals surface area contributed by atoms with Gasteiger partial charge in [0.1, 0.15) is 5.75 Å². The van der Waals surface area contributed by atoms with Crippen LogP contribution in [0, 0.1) is 0 Å². The van der Waals surface area contributed by atoms with E-state index in [9.17, 15) is 9.90 Å². The average Bonchev–Trinajstić information content (AvgIpc) is 2.99. The summed E-state index contributed by atoms with van der Waals surface area (Å²) in [6.45, 7) is 1.92. The predicted octanol–water partition coefficient (Wildman–Crippen LogP) is 2.48. The van der Waals surface area contributed by atoms with E-state index < -0.39 is 5.60 Å². The van der Waals surface area contributed by atoms with Crippen molar-refractivity contribution < 1.29 is 14.6 Å². The summed E-state index contributed by atoms with van der Waals surface area (Å²) in [5, 5.41) is 15.0. The van der Waals surface area contributed by atoms with E-state index in [4.69, 9.17) is 4.74 Å². The van der Waals surface area contributed by atoms with Crippen molar-refractivity contribution >= 4 is 17.2 Å². The lowest BCUT2D eigenvalue weighted by molar-refractivity contribution is 0.0554. The Kier molecular flexibility index (Phi) is 4.98. The van der Waals surface area contributed by atoms with Crippen LogP contribution in [0.3, 0.4) is 0 Å². The second-order valence-electron chi connectivity index (χ2n) is 5.18. The Morgan fingerprint density at radius 3 is 2.62 bits per heavy atom. The summed E-state index contributed by atoms with van der Waals surface area (Å²) >= 11 is 1.38. The molecule has 5 heteroatoms. The topological polar surface area (TPSA) is 58.6 Å². The van der Waals surface area contributed by atoms with Crippen LogP contribution in [0.15, 0.2) is 41.8 Å². The highest BCUT2D eigenvalue weighted by molar-refractivity contribution is 7.12. The molecule has 1 aromatic heterocycles. The van der Waals surface area contributed by atoms with Crippen molar-refractivity contribution in [1.82, 2.24) is 5.32 Å². The maximum absolute atomic E-state index is 11.9. The first-order valence-corrected chi connectivity index (χ1v) is 7.55. The molecule has 2 rings (SSSR count). The van der Waals surface area contributed by atoms with Gasteiger partial charge in [0, 0.05) is 13.0 Å². The zero-order chi connectivity index (χ0) is 15.3. The van der Waals surface area contributed by atoms with Crippen molar-refractivity contribution in [2.45, 2.75) is 18.9 Å². The summed E-state index contributed by atoms with van der Waals surface area (Å²) < 4.78 is 5.10. The zero-order valence-electron chi connectivity index (χ0n) is 12.1. The molecule has 0 saturated heterocycles. The molecule has 0 aliphatic heterocycles. The number of amides is 1. The van der Waals surface area contributed by atoms with E-state index in [1.807, 2.05) is 35.7 Å². The Hall–Kier alpha value is -1.85. The van der Waals surface area contributed by atoms with E-state index in [0.29, 0.717) is 11.3 Å². The van der Waals surface area contributed by atoms with Crippen molar-refractivity contribution in [3.05, 3.63) is 52.2 Å². The highest BCUT2D eigenvalue weighted by Crippen LogP contribution is 2.17. The van der Waals surface area contributed by atoms with Gasteiger partial charge in [-0.25, -0.2) is 0 Å². The fourth-order valence-corrected chi connectivity index (χ4v) is 2.65. The summed E-state index contributed by atoms with van der Waals surface area (Å²) in [6, 6.07) is 11.1. The van der Waals surface area contributed by atoms with E-state index in [2.05, 4.69) is 5.32 Å². The number of benzene rings is 1. The molecule has 0 spiro atoms. The maximum Gasteiger partial charge on any atom is 0.261 e. The van der Waals surface area contributed by atoms with Crippen LogP contribution in [0.4, 0.5) is 0 Å². The molecule has 1 amide bonds. The molecule has 0 radical (unpaired) electrons. The lowest BCUT2D eigenvalue weighted by Gasteiger charge is -2.23. The zero-order valence-corrected chi connectivity index (χ0v) is 12.9. The standard InChI is InChI=1S/C16H19NO3S/c1-16(19,10-12-5-7-13(20-2)8-6-12)11-17-15(18)14-4-3-9-21-14/h3-9,19H,10-11H2,1-2H3,(H,17,18). The Balaban J connectivity index is 1.90. The number of ether oxygens (including phenoxy) is 1. The van der Waals surface area contributed by atoms with Gasteiger partial charge in [0.05, 0.1) is 17.6 Å². The molecule has 2 aromatic rings. The number of hydrogen-bond acceptors (Lipinski definition) is 4. The van der Waals surface area contributed by atoms with Crippen LogP contribution < -0.4 is 10.1 Å². The number of hydrogen-bond donors (Lipinski definition) is 2. The van der Waals surface area contributed by atoms with Crippen LogP contribution in [0.2, 0.25) is 0 Å². The van der Waals surface area contributed by atoms with Gasteiger partial charge in [-0.2, -0.15) is 0 Å². The van der Waals surface area contributed by atoms with Crippen LogP contribution in [0.5, 0.6) is 5.75 Å². The third kappa shape index (κ3) is 4.58. The maximum atomic E-state index is 11.9. The second-order valence-corrected chi connectivity index (χ2v) is 6.13.